The Morgan fingerprint density at radius 2 is 0.962 bits per heavy atom. The molecule has 0 atom stereocenters. The summed E-state index contributed by atoms with van der Waals surface area (Å²) >= 11 is 0. The number of rotatable bonds is 11. The summed E-state index contributed by atoms with van der Waals surface area (Å²) in [4.78, 5) is 20.5. The number of unbranched alkanes of at least 4 members (excludes halogenated alkanes) is 7. The Hall–Kier alpha value is -1.66. The second kappa shape index (κ2) is 23.3. The van der Waals surface area contributed by atoms with Gasteiger partial charge in [-0.2, -0.15) is 0 Å². The van der Waals surface area contributed by atoms with E-state index < -0.39 is 25.5 Å². The van der Waals surface area contributed by atoms with Crippen LogP contribution in [0.5, 0.6) is 0 Å². The predicted molar refractivity (Wildman–Crippen MR) is 104 cm³/mol. The summed E-state index contributed by atoms with van der Waals surface area (Å²) in [7, 11) is 0. The molecule has 26 heavy (non-hydrogen) atoms. The maximum atomic E-state index is 10.3. The number of ether oxygens (including phenoxy) is 2. The van der Waals surface area contributed by atoms with Gasteiger partial charge in [0.05, 0.1) is 0 Å². The summed E-state index contributed by atoms with van der Waals surface area (Å²) in [5, 5.41) is 16.0. The van der Waals surface area contributed by atoms with Crippen molar-refractivity contribution in [2.45, 2.75) is 79.1 Å². The van der Waals surface area contributed by atoms with Crippen LogP contribution in [-0.4, -0.2) is 35.7 Å². The van der Waals surface area contributed by atoms with Crippen molar-refractivity contribution in [3.05, 3.63) is 24.3 Å². The highest BCUT2D eigenvalue weighted by atomic mass is 16.6. The lowest BCUT2D eigenvalue weighted by molar-refractivity contribution is -0.147. The first-order chi connectivity index (χ1) is 12.3. The van der Waals surface area contributed by atoms with Crippen molar-refractivity contribution in [1.82, 2.24) is 0 Å². The van der Waals surface area contributed by atoms with Gasteiger partial charge in [0, 0.05) is 11.1 Å². The molecule has 154 valence electrons. The minimum atomic E-state index is -0.578. The van der Waals surface area contributed by atoms with E-state index in [2.05, 4.69) is 36.5 Å². The minimum absolute atomic E-state index is 0.291. The van der Waals surface area contributed by atoms with Crippen LogP contribution < -0.4 is 0 Å². The molecule has 6 heteroatoms. The summed E-state index contributed by atoms with van der Waals surface area (Å²) in [6.45, 7) is 13.0. The number of hydrogen-bond donors (Lipinski definition) is 2. The van der Waals surface area contributed by atoms with Gasteiger partial charge in [0.15, 0.2) is 13.6 Å². The SMILES string of the molecule is C=C(C)C(=O)OCO.C=C(C)C(=O)OCO.CCCCCCCCCC. The number of carbonyl (C=O) groups excluding carboxylic acids is 2. The molecule has 0 saturated heterocycles. The fourth-order valence-electron chi connectivity index (χ4n) is 1.57. The molecule has 0 spiro atoms. The van der Waals surface area contributed by atoms with Crippen LogP contribution in [0.15, 0.2) is 24.3 Å². The average Bonchev–Trinajstić information content (AvgIpc) is 2.59. The van der Waals surface area contributed by atoms with E-state index in [1.165, 1.54) is 65.2 Å². The molecule has 0 rings (SSSR count). The molecule has 0 aromatic rings. The molecule has 0 amide bonds. The Morgan fingerprint density at radius 3 is 1.12 bits per heavy atom. The van der Waals surface area contributed by atoms with Crippen molar-refractivity contribution in [2.75, 3.05) is 13.6 Å². The molecule has 0 heterocycles. The van der Waals surface area contributed by atoms with Crippen LogP contribution in [0.2, 0.25) is 0 Å². The van der Waals surface area contributed by atoms with Crippen molar-refractivity contribution < 1.29 is 29.3 Å². The highest BCUT2D eigenvalue weighted by molar-refractivity contribution is 5.87. The smallest absolute Gasteiger partial charge is 0.335 e. The fraction of sp³-hybridized carbons (Fsp3) is 0.700. The lowest BCUT2D eigenvalue weighted by Gasteiger charge is -1.97. The van der Waals surface area contributed by atoms with E-state index in [-0.39, 0.29) is 0 Å². The minimum Gasteiger partial charge on any atom is -0.435 e. The second-order valence-corrected chi connectivity index (χ2v) is 5.80. The Morgan fingerprint density at radius 1 is 0.692 bits per heavy atom. The van der Waals surface area contributed by atoms with E-state index in [1.807, 2.05) is 0 Å². The van der Waals surface area contributed by atoms with Gasteiger partial charge in [0.1, 0.15) is 0 Å². The van der Waals surface area contributed by atoms with Crippen molar-refractivity contribution in [2.24, 2.45) is 0 Å². The van der Waals surface area contributed by atoms with E-state index in [0.717, 1.165) is 0 Å². The van der Waals surface area contributed by atoms with E-state index >= 15 is 0 Å². The molecule has 0 saturated carbocycles. The Balaban J connectivity index is -0.000000308. The van der Waals surface area contributed by atoms with Crippen molar-refractivity contribution in [1.29, 1.82) is 0 Å². The van der Waals surface area contributed by atoms with Crippen molar-refractivity contribution >= 4 is 11.9 Å². The monoisotopic (exact) mass is 374 g/mol. The van der Waals surface area contributed by atoms with Crippen LogP contribution in [-0.2, 0) is 19.1 Å². The number of carbonyl (C=O) groups is 2. The molecule has 6 nitrogen and oxygen atoms in total. The van der Waals surface area contributed by atoms with Crippen LogP contribution in [0.1, 0.15) is 79.1 Å². The second-order valence-electron chi connectivity index (χ2n) is 5.80. The normalized spacial score (nSPS) is 9.00. The van der Waals surface area contributed by atoms with Crippen LogP contribution in [0.4, 0.5) is 0 Å². The quantitative estimate of drug-likeness (QED) is 0.243. The number of aliphatic hydroxyl groups is 2. The van der Waals surface area contributed by atoms with Crippen LogP contribution in [0.3, 0.4) is 0 Å². The third kappa shape index (κ3) is 27.2. The standard InChI is InChI=1S/C10H22.2C5H8O3/c1-3-5-7-9-10-8-6-4-2;2*1-4(2)5(7)8-3-6/h3-10H2,1-2H3;2*6H,1,3H2,2H3. The van der Waals surface area contributed by atoms with Gasteiger partial charge in [-0.15, -0.1) is 0 Å². The van der Waals surface area contributed by atoms with Gasteiger partial charge in [0.25, 0.3) is 0 Å². The van der Waals surface area contributed by atoms with Crippen LogP contribution >= 0.6 is 0 Å². The number of esters is 2. The van der Waals surface area contributed by atoms with Gasteiger partial charge < -0.3 is 19.7 Å². The largest absolute Gasteiger partial charge is 0.435 e. The summed E-state index contributed by atoms with van der Waals surface area (Å²) < 4.78 is 8.24. The lowest BCUT2D eigenvalue weighted by atomic mass is 10.1. The van der Waals surface area contributed by atoms with Gasteiger partial charge >= 0.3 is 11.9 Å². The molecule has 0 unspecified atom stereocenters. The number of aliphatic hydroxyl groups excluding tert-OH is 2. The highest BCUT2D eigenvalue weighted by Crippen LogP contribution is 2.07. The zero-order valence-corrected chi connectivity index (χ0v) is 17.0. The molecule has 0 aliphatic carbocycles. The Bertz CT molecular complexity index is 340. The van der Waals surface area contributed by atoms with Gasteiger partial charge in [-0.25, -0.2) is 9.59 Å². The van der Waals surface area contributed by atoms with Crippen LogP contribution in [0.25, 0.3) is 0 Å². The molecule has 0 aliphatic rings. The lowest BCUT2D eigenvalue weighted by Crippen LogP contribution is -2.04. The summed E-state index contributed by atoms with van der Waals surface area (Å²) in [6, 6.07) is 0. The molecule has 0 bridgehead atoms. The van der Waals surface area contributed by atoms with E-state index in [0.29, 0.717) is 11.1 Å². The third-order valence-electron chi connectivity index (χ3n) is 3.05. The average molecular weight is 375 g/mol. The molecule has 2 N–H and O–H groups in total. The zero-order valence-electron chi connectivity index (χ0n) is 17.0. The maximum Gasteiger partial charge on any atom is 0.335 e. The van der Waals surface area contributed by atoms with E-state index in [1.54, 1.807) is 0 Å². The summed E-state index contributed by atoms with van der Waals surface area (Å²) in [5.74, 6) is -1.12. The predicted octanol–water partition coefficient (Wildman–Crippen LogP) is 4.26. The van der Waals surface area contributed by atoms with Crippen molar-refractivity contribution in [3.8, 4) is 0 Å². The molecule has 0 aliphatic heterocycles. The van der Waals surface area contributed by atoms with Gasteiger partial charge in [-0.3, -0.25) is 0 Å². The first-order valence-corrected chi connectivity index (χ1v) is 9.15. The van der Waals surface area contributed by atoms with E-state index in [4.69, 9.17) is 10.2 Å². The highest BCUT2D eigenvalue weighted by Gasteiger charge is 1.99. The van der Waals surface area contributed by atoms with Gasteiger partial charge in [0.2, 0.25) is 0 Å². The van der Waals surface area contributed by atoms with Gasteiger partial charge in [-0.1, -0.05) is 78.4 Å². The molecular formula is C20H38O6. The molecular weight excluding hydrogens is 336 g/mol. The summed E-state index contributed by atoms with van der Waals surface area (Å²) in [5.41, 5.74) is 0.582. The first kappa shape index (κ1) is 29.1. The van der Waals surface area contributed by atoms with Crippen molar-refractivity contribution in [3.63, 3.8) is 0 Å². The Kier molecular flexibility index (Phi) is 26.1. The molecule has 0 fully saturated rings. The first-order valence-electron chi connectivity index (χ1n) is 9.15. The van der Waals surface area contributed by atoms with Crippen LogP contribution in [0, 0.1) is 0 Å². The molecule has 0 aromatic carbocycles. The van der Waals surface area contributed by atoms with Gasteiger partial charge in [-0.05, 0) is 13.8 Å². The topological polar surface area (TPSA) is 93.1 Å². The molecule has 0 radical (unpaired) electrons. The Labute approximate surface area is 158 Å². The fourth-order valence-corrected chi connectivity index (χ4v) is 1.57. The number of hydrogen-bond acceptors (Lipinski definition) is 6. The molecule has 0 aromatic heterocycles. The third-order valence-corrected chi connectivity index (χ3v) is 3.05. The summed E-state index contributed by atoms with van der Waals surface area (Å²) in [6.07, 6.45) is 11.5. The maximum absolute atomic E-state index is 10.3. The zero-order chi connectivity index (χ0) is 20.8. The van der Waals surface area contributed by atoms with E-state index in [9.17, 15) is 9.59 Å².